The summed E-state index contributed by atoms with van der Waals surface area (Å²) < 4.78 is 0. The largest absolute Gasteiger partial charge is 0.355 e. The maximum Gasteiger partial charge on any atom is 0.252 e. The number of aryl methyl sites for hydroxylation is 1. The zero-order valence-electron chi connectivity index (χ0n) is 17.2. The number of nitrogens with zero attached hydrogens (tertiary/aromatic N) is 1. The first-order chi connectivity index (χ1) is 14.3. The van der Waals surface area contributed by atoms with Gasteiger partial charge in [0, 0.05) is 22.7 Å². The Balaban J connectivity index is 1.58. The lowest BCUT2D eigenvalue weighted by Crippen LogP contribution is -2.25. The molecular formula is C23H23N3O3S. The van der Waals surface area contributed by atoms with Gasteiger partial charge in [-0.2, -0.15) is 0 Å². The van der Waals surface area contributed by atoms with Gasteiger partial charge in [0.2, 0.25) is 0 Å². The second-order valence-electron chi connectivity index (χ2n) is 7.67. The number of thioether (sulfide) groups is 1. The summed E-state index contributed by atoms with van der Waals surface area (Å²) in [6.07, 6.45) is 2.03. The summed E-state index contributed by atoms with van der Waals surface area (Å²) in [7, 11) is 0. The molecule has 0 bridgehead atoms. The molecule has 7 heteroatoms. The third-order valence-corrected chi connectivity index (χ3v) is 6.18. The fraction of sp³-hybridized carbons (Fsp3) is 0.304. The SMILES string of the molecule is CC(=O)c1c(C)[nH]c(C(=O)CSc2cc(C(=O)NC3CC3)c3ccccc3n2)c1C. The standard InChI is InChI=1S/C23H23N3O3S/c1-12-21(14(3)27)13(2)24-22(12)19(28)11-30-20-10-17(23(29)25-15-8-9-15)16-6-4-5-7-18(16)26-20/h4-7,10,15,24H,8-9,11H2,1-3H3,(H,25,29). The van der Waals surface area contributed by atoms with Crippen LogP contribution in [0.2, 0.25) is 0 Å². The zero-order valence-corrected chi connectivity index (χ0v) is 18.0. The van der Waals surface area contributed by atoms with Crippen LogP contribution in [0.1, 0.15) is 62.2 Å². The van der Waals surface area contributed by atoms with Crippen LogP contribution in [0.5, 0.6) is 0 Å². The monoisotopic (exact) mass is 421 g/mol. The molecule has 1 amide bonds. The Bertz CT molecular complexity index is 1180. The highest BCUT2D eigenvalue weighted by atomic mass is 32.2. The highest BCUT2D eigenvalue weighted by Gasteiger charge is 2.25. The van der Waals surface area contributed by atoms with E-state index >= 15 is 0 Å². The van der Waals surface area contributed by atoms with Crippen molar-refractivity contribution in [3.05, 3.63) is 58.4 Å². The molecular weight excluding hydrogens is 398 g/mol. The van der Waals surface area contributed by atoms with Gasteiger partial charge in [-0.3, -0.25) is 14.4 Å². The van der Waals surface area contributed by atoms with Crippen molar-refractivity contribution in [3.63, 3.8) is 0 Å². The molecule has 1 aliphatic rings. The number of pyridine rings is 1. The smallest absolute Gasteiger partial charge is 0.252 e. The van der Waals surface area contributed by atoms with Crippen LogP contribution in [-0.2, 0) is 0 Å². The van der Waals surface area contributed by atoms with Gasteiger partial charge < -0.3 is 10.3 Å². The first-order valence-corrected chi connectivity index (χ1v) is 10.9. The third kappa shape index (κ3) is 4.03. The van der Waals surface area contributed by atoms with E-state index in [0.717, 1.165) is 23.7 Å². The predicted octanol–water partition coefficient (Wildman–Crippen LogP) is 4.25. The fourth-order valence-corrected chi connectivity index (χ4v) is 4.46. The summed E-state index contributed by atoms with van der Waals surface area (Å²) in [5.41, 5.74) is 3.72. The maximum absolute atomic E-state index is 12.8. The second-order valence-corrected chi connectivity index (χ2v) is 8.66. The second kappa shape index (κ2) is 8.07. The van der Waals surface area contributed by atoms with E-state index in [2.05, 4.69) is 15.3 Å². The minimum Gasteiger partial charge on any atom is -0.355 e. The zero-order chi connectivity index (χ0) is 21.4. The Morgan fingerprint density at radius 2 is 1.93 bits per heavy atom. The van der Waals surface area contributed by atoms with Crippen LogP contribution in [0.25, 0.3) is 10.9 Å². The number of H-pyrrole nitrogens is 1. The maximum atomic E-state index is 12.8. The first kappa shape index (κ1) is 20.3. The normalized spacial score (nSPS) is 13.4. The number of Topliss-reactive ketones (excluding diaryl/α,β-unsaturated/α-hetero) is 2. The number of carbonyl (C=O) groups excluding carboxylic acids is 3. The number of nitrogens with one attached hydrogen (secondary N) is 2. The van der Waals surface area contributed by atoms with Crippen LogP contribution in [0, 0.1) is 13.8 Å². The minimum absolute atomic E-state index is 0.0598. The molecule has 2 N–H and O–H groups in total. The summed E-state index contributed by atoms with van der Waals surface area (Å²) in [5, 5.41) is 4.45. The van der Waals surface area contributed by atoms with Crippen LogP contribution >= 0.6 is 11.8 Å². The third-order valence-electron chi connectivity index (χ3n) is 5.27. The lowest BCUT2D eigenvalue weighted by atomic mass is 10.1. The fourth-order valence-electron chi connectivity index (χ4n) is 3.67. The molecule has 4 rings (SSSR count). The van der Waals surface area contributed by atoms with Crippen molar-refractivity contribution in [2.45, 2.75) is 44.7 Å². The van der Waals surface area contributed by atoms with Gasteiger partial charge >= 0.3 is 0 Å². The quantitative estimate of drug-likeness (QED) is 0.440. The molecule has 0 radical (unpaired) electrons. The summed E-state index contributed by atoms with van der Waals surface area (Å²) in [6, 6.07) is 9.54. The topological polar surface area (TPSA) is 91.9 Å². The molecule has 0 atom stereocenters. The number of amides is 1. The van der Waals surface area contributed by atoms with Crippen LogP contribution in [0.4, 0.5) is 0 Å². The molecule has 1 fully saturated rings. The van der Waals surface area contributed by atoms with Gasteiger partial charge in [0.05, 0.1) is 27.6 Å². The van der Waals surface area contributed by atoms with Crippen molar-refractivity contribution in [1.82, 2.24) is 15.3 Å². The molecule has 154 valence electrons. The van der Waals surface area contributed by atoms with E-state index < -0.39 is 0 Å². The number of aromatic amines is 1. The van der Waals surface area contributed by atoms with Crippen LogP contribution in [0.15, 0.2) is 35.4 Å². The van der Waals surface area contributed by atoms with E-state index in [1.807, 2.05) is 24.3 Å². The molecule has 1 saturated carbocycles. The number of fused-ring (bicyclic) bond motifs is 1. The molecule has 6 nitrogen and oxygen atoms in total. The van der Waals surface area contributed by atoms with Gasteiger partial charge in [0.1, 0.15) is 0 Å². The van der Waals surface area contributed by atoms with Gasteiger partial charge in [-0.1, -0.05) is 30.0 Å². The number of ketones is 2. The van der Waals surface area contributed by atoms with E-state index in [0.29, 0.717) is 33.1 Å². The summed E-state index contributed by atoms with van der Waals surface area (Å²) >= 11 is 1.29. The van der Waals surface area contributed by atoms with Crippen molar-refractivity contribution in [2.24, 2.45) is 0 Å². The molecule has 30 heavy (non-hydrogen) atoms. The first-order valence-electron chi connectivity index (χ1n) is 9.92. The Morgan fingerprint density at radius 1 is 1.20 bits per heavy atom. The molecule has 0 unspecified atom stereocenters. The molecule has 0 spiro atoms. The van der Waals surface area contributed by atoms with Crippen molar-refractivity contribution in [1.29, 1.82) is 0 Å². The molecule has 1 aromatic carbocycles. The van der Waals surface area contributed by atoms with Crippen molar-refractivity contribution in [3.8, 4) is 0 Å². The van der Waals surface area contributed by atoms with Gasteiger partial charge in [-0.25, -0.2) is 4.98 Å². The molecule has 0 saturated heterocycles. The van der Waals surface area contributed by atoms with Crippen molar-refractivity contribution < 1.29 is 14.4 Å². The number of hydrogen-bond donors (Lipinski definition) is 2. The lowest BCUT2D eigenvalue weighted by Gasteiger charge is -2.10. The van der Waals surface area contributed by atoms with Crippen LogP contribution in [0.3, 0.4) is 0 Å². The molecule has 3 aromatic rings. The summed E-state index contributed by atoms with van der Waals surface area (Å²) in [5.74, 6) is -0.110. The number of para-hydroxylation sites is 1. The Kier molecular flexibility index (Phi) is 5.47. The Labute approximate surface area is 178 Å². The Hall–Kier alpha value is -2.93. The minimum atomic E-state index is -0.105. The summed E-state index contributed by atoms with van der Waals surface area (Å²) in [6.45, 7) is 5.08. The van der Waals surface area contributed by atoms with E-state index in [4.69, 9.17) is 0 Å². The highest BCUT2D eigenvalue weighted by molar-refractivity contribution is 7.99. The number of rotatable bonds is 7. The lowest BCUT2D eigenvalue weighted by molar-refractivity contribution is 0.0950. The summed E-state index contributed by atoms with van der Waals surface area (Å²) in [4.78, 5) is 45.0. The van der Waals surface area contributed by atoms with E-state index in [1.54, 1.807) is 19.9 Å². The molecule has 2 heterocycles. The average molecular weight is 422 g/mol. The van der Waals surface area contributed by atoms with Crippen LogP contribution < -0.4 is 5.32 Å². The number of aromatic nitrogens is 2. The number of benzene rings is 1. The van der Waals surface area contributed by atoms with Crippen molar-refractivity contribution in [2.75, 3.05) is 5.75 Å². The van der Waals surface area contributed by atoms with Gasteiger partial charge in [0.25, 0.3) is 5.91 Å². The number of hydrogen-bond acceptors (Lipinski definition) is 5. The number of carbonyl (C=O) groups is 3. The highest BCUT2D eigenvalue weighted by Crippen LogP contribution is 2.27. The average Bonchev–Trinajstić information content (AvgIpc) is 3.47. The van der Waals surface area contributed by atoms with E-state index in [-0.39, 0.29) is 29.3 Å². The molecule has 1 aliphatic carbocycles. The van der Waals surface area contributed by atoms with Crippen LogP contribution in [-0.4, -0.2) is 39.2 Å². The predicted molar refractivity (Wildman–Crippen MR) is 118 cm³/mol. The molecule has 2 aromatic heterocycles. The van der Waals surface area contributed by atoms with Crippen molar-refractivity contribution >= 4 is 40.1 Å². The van der Waals surface area contributed by atoms with Gasteiger partial charge in [-0.15, -0.1) is 0 Å². The van der Waals surface area contributed by atoms with E-state index in [9.17, 15) is 14.4 Å². The molecule has 0 aliphatic heterocycles. The van der Waals surface area contributed by atoms with E-state index in [1.165, 1.54) is 18.7 Å². The van der Waals surface area contributed by atoms with Gasteiger partial charge in [0.15, 0.2) is 11.6 Å². The Morgan fingerprint density at radius 3 is 2.60 bits per heavy atom. The van der Waals surface area contributed by atoms with Gasteiger partial charge in [-0.05, 0) is 51.3 Å².